The second kappa shape index (κ2) is 6.10. The molecule has 0 unspecified atom stereocenters. The van der Waals surface area contributed by atoms with E-state index in [4.69, 9.17) is 9.84 Å². The first-order chi connectivity index (χ1) is 9.60. The summed E-state index contributed by atoms with van der Waals surface area (Å²) in [4.78, 5) is 23.0. The molecule has 0 heterocycles. The largest absolute Gasteiger partial charge is 0.497 e. The summed E-state index contributed by atoms with van der Waals surface area (Å²) in [6.07, 6.45) is 5.59. The molecule has 1 aliphatic rings. The highest BCUT2D eigenvalue weighted by atomic mass is 16.5. The number of ether oxygens (including phenoxy) is 1. The lowest BCUT2D eigenvalue weighted by Gasteiger charge is -2.14. The fourth-order valence-electron chi connectivity index (χ4n) is 2.02. The van der Waals surface area contributed by atoms with Crippen LogP contribution in [0, 0.1) is 0 Å². The lowest BCUT2D eigenvalue weighted by atomic mass is 10.1. The van der Waals surface area contributed by atoms with Crippen molar-refractivity contribution in [3.63, 3.8) is 0 Å². The van der Waals surface area contributed by atoms with Gasteiger partial charge in [0.2, 0.25) is 0 Å². The molecule has 1 aromatic rings. The summed E-state index contributed by atoms with van der Waals surface area (Å²) in [5.41, 5.74) is 0.228. The molecule has 0 saturated carbocycles. The van der Waals surface area contributed by atoms with Crippen LogP contribution in [-0.4, -0.2) is 30.3 Å². The molecule has 0 saturated heterocycles. The van der Waals surface area contributed by atoms with Crippen molar-refractivity contribution in [2.45, 2.75) is 18.9 Å². The van der Waals surface area contributed by atoms with Gasteiger partial charge in [0.1, 0.15) is 5.75 Å². The highest BCUT2D eigenvalue weighted by Gasteiger charge is 2.16. The summed E-state index contributed by atoms with van der Waals surface area (Å²) in [6.45, 7) is 0. The van der Waals surface area contributed by atoms with Gasteiger partial charge in [-0.05, 0) is 31.0 Å². The summed E-state index contributed by atoms with van der Waals surface area (Å²) in [7, 11) is 1.45. The second-order valence-electron chi connectivity index (χ2n) is 4.45. The molecule has 1 aromatic carbocycles. The minimum Gasteiger partial charge on any atom is -0.497 e. The Morgan fingerprint density at radius 1 is 1.30 bits per heavy atom. The normalized spacial score (nSPS) is 14.1. The summed E-state index contributed by atoms with van der Waals surface area (Å²) in [5, 5.41) is 14.5. The van der Waals surface area contributed by atoms with Crippen LogP contribution in [-0.2, 0) is 0 Å². The van der Waals surface area contributed by atoms with E-state index in [2.05, 4.69) is 10.6 Å². The van der Waals surface area contributed by atoms with Crippen LogP contribution in [0.2, 0.25) is 0 Å². The molecule has 0 radical (unpaired) electrons. The Labute approximate surface area is 116 Å². The van der Waals surface area contributed by atoms with Gasteiger partial charge < -0.3 is 20.5 Å². The number of carboxylic acid groups (broad SMARTS) is 1. The summed E-state index contributed by atoms with van der Waals surface area (Å²) < 4.78 is 4.97. The number of aromatic carboxylic acids is 1. The third kappa shape index (κ3) is 3.28. The molecule has 20 heavy (non-hydrogen) atoms. The van der Waals surface area contributed by atoms with Gasteiger partial charge in [0, 0.05) is 6.04 Å². The maximum Gasteiger partial charge on any atom is 0.337 e. The molecule has 1 aliphatic carbocycles. The van der Waals surface area contributed by atoms with Crippen molar-refractivity contribution in [2.75, 3.05) is 12.4 Å². The predicted molar refractivity (Wildman–Crippen MR) is 74.3 cm³/mol. The Morgan fingerprint density at radius 3 is 2.60 bits per heavy atom. The van der Waals surface area contributed by atoms with Crippen molar-refractivity contribution in [1.82, 2.24) is 5.32 Å². The Morgan fingerprint density at radius 2 is 2.00 bits per heavy atom. The van der Waals surface area contributed by atoms with Gasteiger partial charge in [0.15, 0.2) is 0 Å². The van der Waals surface area contributed by atoms with Crippen molar-refractivity contribution < 1.29 is 19.4 Å². The second-order valence-corrected chi connectivity index (χ2v) is 4.45. The summed E-state index contributed by atoms with van der Waals surface area (Å²) >= 11 is 0. The van der Waals surface area contributed by atoms with Crippen molar-refractivity contribution in [3.05, 3.63) is 35.9 Å². The van der Waals surface area contributed by atoms with Gasteiger partial charge in [-0.3, -0.25) is 0 Å². The van der Waals surface area contributed by atoms with Gasteiger partial charge >= 0.3 is 12.0 Å². The van der Waals surface area contributed by atoms with E-state index in [1.54, 1.807) is 6.07 Å². The number of hydrogen-bond donors (Lipinski definition) is 3. The van der Waals surface area contributed by atoms with E-state index in [0.29, 0.717) is 5.75 Å². The van der Waals surface area contributed by atoms with E-state index in [1.165, 1.54) is 19.2 Å². The zero-order valence-electron chi connectivity index (χ0n) is 11.1. The summed E-state index contributed by atoms with van der Waals surface area (Å²) in [5.74, 6) is -0.699. The Bertz CT molecular complexity index is 546. The monoisotopic (exact) mass is 276 g/mol. The average Bonchev–Trinajstić information content (AvgIpc) is 2.91. The lowest BCUT2D eigenvalue weighted by Crippen LogP contribution is -2.36. The first kappa shape index (κ1) is 13.9. The molecule has 0 bridgehead atoms. The highest BCUT2D eigenvalue weighted by Crippen LogP contribution is 2.22. The van der Waals surface area contributed by atoms with E-state index in [1.807, 2.05) is 12.2 Å². The topological polar surface area (TPSA) is 87.7 Å². The lowest BCUT2D eigenvalue weighted by molar-refractivity contribution is 0.0697. The maximum atomic E-state index is 11.8. The molecule has 6 nitrogen and oxygen atoms in total. The van der Waals surface area contributed by atoms with Crippen LogP contribution in [0.5, 0.6) is 5.75 Å². The fraction of sp³-hybridized carbons (Fsp3) is 0.286. The Kier molecular flexibility index (Phi) is 4.24. The molecule has 3 N–H and O–H groups in total. The van der Waals surface area contributed by atoms with Crippen LogP contribution in [0.1, 0.15) is 23.2 Å². The van der Waals surface area contributed by atoms with Crippen LogP contribution in [0.15, 0.2) is 30.4 Å². The molecule has 2 rings (SSSR count). The third-order valence-corrected chi connectivity index (χ3v) is 3.05. The molecule has 0 spiro atoms. The number of benzene rings is 1. The number of carbonyl (C=O) groups excluding carboxylic acids is 1. The molecule has 0 fully saturated rings. The average molecular weight is 276 g/mol. The number of amides is 2. The minimum absolute atomic E-state index is 0.0101. The molecular weight excluding hydrogens is 260 g/mol. The molecule has 0 atom stereocenters. The van der Waals surface area contributed by atoms with E-state index in [0.717, 1.165) is 12.8 Å². The number of hydrogen-bond acceptors (Lipinski definition) is 3. The Hall–Kier alpha value is -2.50. The number of nitrogens with one attached hydrogen (secondary N) is 2. The van der Waals surface area contributed by atoms with Gasteiger partial charge in [0.25, 0.3) is 0 Å². The van der Waals surface area contributed by atoms with Crippen LogP contribution in [0.3, 0.4) is 0 Å². The highest BCUT2D eigenvalue weighted by molar-refractivity contribution is 6.00. The Balaban J connectivity index is 2.07. The molecule has 106 valence electrons. The van der Waals surface area contributed by atoms with E-state index in [-0.39, 0.29) is 17.3 Å². The molecular formula is C14H16N2O4. The predicted octanol–water partition coefficient (Wildman–Crippen LogP) is 2.23. The fourth-order valence-corrected chi connectivity index (χ4v) is 2.02. The third-order valence-electron chi connectivity index (χ3n) is 3.05. The first-order valence-corrected chi connectivity index (χ1v) is 6.24. The number of rotatable bonds is 4. The number of urea groups is 1. The van der Waals surface area contributed by atoms with Crippen LogP contribution < -0.4 is 15.4 Å². The first-order valence-electron chi connectivity index (χ1n) is 6.24. The van der Waals surface area contributed by atoms with Gasteiger partial charge in [-0.25, -0.2) is 9.59 Å². The van der Waals surface area contributed by atoms with Crippen molar-refractivity contribution in [1.29, 1.82) is 0 Å². The number of anilines is 1. The van der Waals surface area contributed by atoms with Gasteiger partial charge in [0.05, 0.1) is 18.4 Å². The van der Waals surface area contributed by atoms with E-state index >= 15 is 0 Å². The van der Waals surface area contributed by atoms with Crippen LogP contribution >= 0.6 is 0 Å². The van der Waals surface area contributed by atoms with Crippen molar-refractivity contribution in [2.24, 2.45) is 0 Å². The zero-order valence-corrected chi connectivity index (χ0v) is 11.1. The zero-order chi connectivity index (χ0) is 14.5. The van der Waals surface area contributed by atoms with Crippen LogP contribution in [0.4, 0.5) is 10.5 Å². The van der Waals surface area contributed by atoms with Crippen molar-refractivity contribution in [3.8, 4) is 5.75 Å². The molecule has 6 heteroatoms. The standard InChI is InChI=1S/C14H16N2O4/c1-20-10-6-7-12(11(8-10)13(17)18)16-14(19)15-9-4-2-3-5-9/h2-3,6-9H,4-5H2,1H3,(H,17,18)(H2,15,16,19). The number of methoxy groups -OCH3 is 1. The quantitative estimate of drug-likeness (QED) is 0.736. The maximum absolute atomic E-state index is 11.8. The number of carbonyl (C=O) groups is 2. The molecule has 0 aromatic heterocycles. The van der Waals surface area contributed by atoms with Gasteiger partial charge in [-0.2, -0.15) is 0 Å². The smallest absolute Gasteiger partial charge is 0.337 e. The summed E-state index contributed by atoms with van der Waals surface area (Å²) in [6, 6.07) is 4.14. The van der Waals surface area contributed by atoms with Gasteiger partial charge in [-0.15, -0.1) is 0 Å². The van der Waals surface area contributed by atoms with Crippen molar-refractivity contribution >= 4 is 17.7 Å². The van der Waals surface area contributed by atoms with Crippen LogP contribution in [0.25, 0.3) is 0 Å². The minimum atomic E-state index is -1.12. The molecule has 0 aliphatic heterocycles. The van der Waals surface area contributed by atoms with E-state index < -0.39 is 12.0 Å². The number of carboxylic acids is 1. The van der Waals surface area contributed by atoms with Gasteiger partial charge in [-0.1, -0.05) is 12.2 Å². The van der Waals surface area contributed by atoms with E-state index in [9.17, 15) is 9.59 Å². The SMILES string of the molecule is COc1ccc(NC(=O)NC2CC=CC2)c(C(=O)O)c1. The molecule has 2 amide bonds.